The molecule has 0 spiro atoms. The third kappa shape index (κ3) is 3.18. The number of nitrogens with zero attached hydrogens (tertiary/aromatic N) is 5. The highest BCUT2D eigenvalue weighted by atomic mass is 32.1. The van der Waals surface area contributed by atoms with Gasteiger partial charge >= 0.3 is 0 Å². The van der Waals surface area contributed by atoms with Crippen molar-refractivity contribution in [3.63, 3.8) is 0 Å². The molecule has 0 atom stereocenters. The summed E-state index contributed by atoms with van der Waals surface area (Å²) in [5.41, 5.74) is 6.23. The third-order valence-corrected chi connectivity index (χ3v) is 6.53. The van der Waals surface area contributed by atoms with Crippen molar-refractivity contribution in [2.45, 2.75) is 20.5 Å². The zero-order valence-corrected chi connectivity index (χ0v) is 18.4. The summed E-state index contributed by atoms with van der Waals surface area (Å²) in [6.45, 7) is 4.40. The van der Waals surface area contributed by atoms with Gasteiger partial charge < -0.3 is 4.74 Å². The molecule has 2 aromatic carbocycles. The van der Waals surface area contributed by atoms with Gasteiger partial charge in [-0.3, -0.25) is 0 Å². The Labute approximate surface area is 188 Å². The molecule has 0 bridgehead atoms. The molecule has 0 saturated heterocycles. The van der Waals surface area contributed by atoms with E-state index in [1.807, 2.05) is 37.3 Å². The molecule has 0 amide bonds. The van der Waals surface area contributed by atoms with E-state index in [0.29, 0.717) is 5.82 Å². The molecule has 0 N–H and O–H groups in total. The quantitative estimate of drug-likeness (QED) is 0.351. The predicted molar refractivity (Wildman–Crippen MR) is 127 cm³/mol. The average molecular weight is 438 g/mol. The molecule has 4 aromatic heterocycles. The number of benzene rings is 2. The van der Waals surface area contributed by atoms with E-state index < -0.39 is 0 Å². The van der Waals surface area contributed by atoms with Gasteiger partial charge in [-0.2, -0.15) is 0 Å². The van der Waals surface area contributed by atoms with Gasteiger partial charge in [-0.05, 0) is 48.7 Å². The maximum absolute atomic E-state index is 5.95. The van der Waals surface area contributed by atoms with E-state index in [0.717, 1.165) is 43.1 Å². The van der Waals surface area contributed by atoms with Crippen LogP contribution in [0.4, 0.5) is 0 Å². The van der Waals surface area contributed by atoms with Crippen molar-refractivity contribution < 1.29 is 4.74 Å². The van der Waals surface area contributed by atoms with Gasteiger partial charge in [-0.25, -0.2) is 19.5 Å². The molecule has 7 heteroatoms. The SMILES string of the molecule is Cc1cc(C)c2c(n1)sc1c2ncn2nc(COc3ccc(-c4ccccc4)cc3)nc12. The molecule has 156 valence electrons. The summed E-state index contributed by atoms with van der Waals surface area (Å²) in [6, 6.07) is 20.4. The minimum atomic E-state index is 0.287. The monoisotopic (exact) mass is 437 g/mol. The van der Waals surface area contributed by atoms with Gasteiger partial charge in [0.05, 0.1) is 5.52 Å². The first-order valence-corrected chi connectivity index (χ1v) is 11.2. The topological polar surface area (TPSA) is 65.2 Å². The molecule has 0 fully saturated rings. The molecule has 0 aliphatic heterocycles. The number of fused-ring (bicyclic) bond motifs is 5. The molecule has 4 heterocycles. The molecular formula is C25H19N5OS. The van der Waals surface area contributed by atoms with Crippen LogP contribution >= 0.6 is 11.3 Å². The zero-order valence-electron chi connectivity index (χ0n) is 17.6. The highest BCUT2D eigenvalue weighted by Gasteiger charge is 2.16. The molecule has 6 aromatic rings. The van der Waals surface area contributed by atoms with Crippen LogP contribution < -0.4 is 4.74 Å². The molecule has 0 radical (unpaired) electrons. The Morgan fingerprint density at radius 1 is 0.938 bits per heavy atom. The summed E-state index contributed by atoms with van der Waals surface area (Å²) < 4.78 is 8.67. The second kappa shape index (κ2) is 7.39. The number of aryl methyl sites for hydroxylation is 2. The predicted octanol–water partition coefficient (Wildman–Crippen LogP) is 5.75. The molecule has 0 aliphatic rings. The van der Waals surface area contributed by atoms with E-state index in [1.165, 1.54) is 11.1 Å². The molecular weight excluding hydrogens is 418 g/mol. The van der Waals surface area contributed by atoms with Crippen molar-refractivity contribution in [1.29, 1.82) is 0 Å². The van der Waals surface area contributed by atoms with Crippen LogP contribution in [0.15, 0.2) is 67.0 Å². The lowest BCUT2D eigenvalue weighted by molar-refractivity contribution is 0.296. The highest BCUT2D eigenvalue weighted by Crippen LogP contribution is 2.35. The lowest BCUT2D eigenvalue weighted by Crippen LogP contribution is -1.98. The minimum absolute atomic E-state index is 0.287. The van der Waals surface area contributed by atoms with Crippen molar-refractivity contribution in [2.75, 3.05) is 0 Å². The van der Waals surface area contributed by atoms with Crippen molar-refractivity contribution in [3.05, 3.63) is 84.1 Å². The van der Waals surface area contributed by atoms with Crippen LogP contribution in [0.3, 0.4) is 0 Å². The van der Waals surface area contributed by atoms with Gasteiger partial charge in [0.15, 0.2) is 11.5 Å². The Morgan fingerprint density at radius 3 is 2.53 bits per heavy atom. The maximum Gasteiger partial charge on any atom is 0.189 e. The van der Waals surface area contributed by atoms with E-state index in [9.17, 15) is 0 Å². The van der Waals surface area contributed by atoms with E-state index in [-0.39, 0.29) is 6.61 Å². The highest BCUT2D eigenvalue weighted by molar-refractivity contribution is 7.26. The third-order valence-electron chi connectivity index (χ3n) is 5.47. The fraction of sp³-hybridized carbons (Fsp3) is 0.120. The molecule has 0 aliphatic carbocycles. The number of ether oxygens (including phenoxy) is 1. The number of pyridine rings is 1. The second-order valence-electron chi connectivity index (χ2n) is 7.76. The smallest absolute Gasteiger partial charge is 0.189 e. The Bertz CT molecular complexity index is 1590. The molecule has 32 heavy (non-hydrogen) atoms. The number of aromatic nitrogens is 5. The fourth-order valence-corrected chi connectivity index (χ4v) is 5.22. The number of hydrogen-bond acceptors (Lipinski definition) is 6. The van der Waals surface area contributed by atoms with Gasteiger partial charge in [-0.15, -0.1) is 16.4 Å². The van der Waals surface area contributed by atoms with E-state index in [2.05, 4.69) is 52.3 Å². The van der Waals surface area contributed by atoms with Crippen LogP contribution in [-0.2, 0) is 6.61 Å². The first-order valence-electron chi connectivity index (χ1n) is 10.3. The normalized spacial score (nSPS) is 11.6. The van der Waals surface area contributed by atoms with Crippen LogP contribution in [0, 0.1) is 13.8 Å². The van der Waals surface area contributed by atoms with E-state index >= 15 is 0 Å². The van der Waals surface area contributed by atoms with Crippen molar-refractivity contribution in [1.82, 2.24) is 24.6 Å². The first kappa shape index (κ1) is 18.9. The summed E-state index contributed by atoms with van der Waals surface area (Å²) in [5.74, 6) is 1.40. The van der Waals surface area contributed by atoms with Crippen LogP contribution in [0.2, 0.25) is 0 Å². The Kier molecular flexibility index (Phi) is 4.36. The van der Waals surface area contributed by atoms with Crippen LogP contribution in [0.1, 0.15) is 17.1 Å². The largest absolute Gasteiger partial charge is 0.486 e. The van der Waals surface area contributed by atoms with Crippen molar-refractivity contribution in [2.24, 2.45) is 0 Å². The maximum atomic E-state index is 5.95. The summed E-state index contributed by atoms with van der Waals surface area (Å²) in [5, 5.41) is 5.65. The lowest BCUT2D eigenvalue weighted by Gasteiger charge is -2.05. The van der Waals surface area contributed by atoms with Gasteiger partial charge in [0, 0.05) is 11.1 Å². The molecule has 6 rings (SSSR count). The van der Waals surface area contributed by atoms with Crippen LogP contribution in [-0.4, -0.2) is 24.6 Å². The standard InChI is InChI=1S/C25H19N5OS/c1-15-12-16(2)27-25-21(15)22-23(32-25)24-28-20(29-30(24)14-26-22)13-31-19-10-8-18(9-11-19)17-6-4-3-5-7-17/h3-12,14H,13H2,1-2H3. The van der Waals surface area contributed by atoms with Crippen molar-refractivity contribution in [3.8, 4) is 16.9 Å². The zero-order chi connectivity index (χ0) is 21.7. The molecule has 6 nitrogen and oxygen atoms in total. The van der Waals surface area contributed by atoms with Crippen LogP contribution in [0.25, 0.3) is 37.2 Å². The summed E-state index contributed by atoms with van der Waals surface area (Å²) in [4.78, 5) is 15.1. The fourth-order valence-electron chi connectivity index (χ4n) is 4.00. The summed E-state index contributed by atoms with van der Waals surface area (Å²) >= 11 is 1.61. The summed E-state index contributed by atoms with van der Waals surface area (Å²) in [6.07, 6.45) is 1.72. The Balaban J connectivity index is 1.29. The van der Waals surface area contributed by atoms with Gasteiger partial charge in [0.2, 0.25) is 0 Å². The van der Waals surface area contributed by atoms with Crippen LogP contribution in [0.5, 0.6) is 5.75 Å². The number of rotatable bonds is 4. The second-order valence-corrected chi connectivity index (χ2v) is 8.76. The number of thiophene rings is 1. The average Bonchev–Trinajstić information content (AvgIpc) is 3.39. The Hall–Kier alpha value is -3.84. The molecule has 0 saturated carbocycles. The van der Waals surface area contributed by atoms with Gasteiger partial charge in [0.25, 0.3) is 0 Å². The van der Waals surface area contributed by atoms with E-state index in [1.54, 1.807) is 22.2 Å². The first-order chi connectivity index (χ1) is 15.7. The van der Waals surface area contributed by atoms with Gasteiger partial charge in [0.1, 0.15) is 28.2 Å². The molecule has 0 unspecified atom stereocenters. The Morgan fingerprint density at radius 2 is 1.72 bits per heavy atom. The van der Waals surface area contributed by atoms with Gasteiger partial charge in [-0.1, -0.05) is 42.5 Å². The lowest BCUT2D eigenvalue weighted by atomic mass is 10.1. The number of hydrogen-bond donors (Lipinski definition) is 0. The minimum Gasteiger partial charge on any atom is -0.486 e. The van der Waals surface area contributed by atoms with Crippen molar-refractivity contribution >= 4 is 37.4 Å². The summed E-state index contributed by atoms with van der Waals surface area (Å²) in [7, 11) is 0. The van der Waals surface area contributed by atoms with E-state index in [4.69, 9.17) is 9.72 Å².